The predicted molar refractivity (Wildman–Crippen MR) is 133 cm³/mol. The summed E-state index contributed by atoms with van der Waals surface area (Å²) in [5, 5.41) is 19.6. The van der Waals surface area contributed by atoms with E-state index in [-0.39, 0.29) is 22.9 Å². The number of aromatic nitrogens is 3. The minimum absolute atomic E-state index is 0.106. The number of H-pyrrole nitrogens is 1. The molecule has 2 aromatic heterocycles. The van der Waals surface area contributed by atoms with Crippen molar-refractivity contribution in [3.63, 3.8) is 0 Å². The van der Waals surface area contributed by atoms with E-state index in [0.717, 1.165) is 11.8 Å². The van der Waals surface area contributed by atoms with Gasteiger partial charge in [0.15, 0.2) is 10.8 Å². The lowest BCUT2D eigenvalue weighted by Gasteiger charge is -2.12. The lowest BCUT2D eigenvalue weighted by Crippen LogP contribution is -2.22. The second-order valence-electron chi connectivity index (χ2n) is 7.28. The first kappa shape index (κ1) is 21.9. The van der Waals surface area contributed by atoms with Crippen LogP contribution in [0.2, 0.25) is 5.02 Å². The molecular formula is C24H16ClN5O3S. The molecule has 0 bridgehead atoms. The van der Waals surface area contributed by atoms with Gasteiger partial charge in [-0.25, -0.2) is 4.98 Å². The summed E-state index contributed by atoms with van der Waals surface area (Å²) in [5.74, 6) is -0.816. The predicted octanol–water partition coefficient (Wildman–Crippen LogP) is 5.63. The van der Waals surface area contributed by atoms with Crippen LogP contribution in [-0.4, -0.2) is 31.3 Å². The van der Waals surface area contributed by atoms with Gasteiger partial charge in [-0.15, -0.1) is 10.2 Å². The van der Waals surface area contributed by atoms with Crippen molar-refractivity contribution in [1.29, 1.82) is 0 Å². The number of nitrogens with zero attached hydrogens (tertiary/aromatic N) is 4. The summed E-state index contributed by atoms with van der Waals surface area (Å²) in [6, 6.07) is 21.1. The van der Waals surface area contributed by atoms with E-state index in [4.69, 9.17) is 11.6 Å². The average molecular weight is 490 g/mol. The van der Waals surface area contributed by atoms with Crippen LogP contribution in [0.3, 0.4) is 0 Å². The summed E-state index contributed by atoms with van der Waals surface area (Å²) >= 11 is 7.16. The van der Waals surface area contributed by atoms with Gasteiger partial charge in [-0.2, -0.15) is 0 Å². The summed E-state index contributed by atoms with van der Waals surface area (Å²) in [7, 11) is 0. The number of thioether (sulfide) groups is 1. The first-order valence-corrected chi connectivity index (χ1v) is 11.5. The van der Waals surface area contributed by atoms with Crippen LogP contribution in [0.5, 0.6) is 5.88 Å². The van der Waals surface area contributed by atoms with Crippen LogP contribution in [0.15, 0.2) is 93.0 Å². The molecule has 2 N–H and O–H groups in total. The number of nitrogens with one attached hydrogen (secondary N) is 1. The molecule has 10 heteroatoms. The molecule has 0 radical (unpaired) electrons. The molecule has 5 rings (SSSR count). The van der Waals surface area contributed by atoms with E-state index in [1.807, 2.05) is 24.3 Å². The van der Waals surface area contributed by atoms with E-state index in [2.05, 4.69) is 20.2 Å². The molecule has 0 aliphatic heterocycles. The van der Waals surface area contributed by atoms with Crippen LogP contribution in [0.4, 0.5) is 5.69 Å². The van der Waals surface area contributed by atoms with Gasteiger partial charge in [0.05, 0.1) is 27.9 Å². The van der Waals surface area contributed by atoms with E-state index >= 15 is 0 Å². The van der Waals surface area contributed by atoms with Gasteiger partial charge >= 0.3 is 0 Å². The number of carbonyl (C=O) groups excluding carboxylic acids is 1. The molecule has 5 aromatic rings. The van der Waals surface area contributed by atoms with Crippen molar-refractivity contribution in [3.05, 3.63) is 88.2 Å². The Morgan fingerprint density at radius 2 is 1.82 bits per heavy atom. The Morgan fingerprint density at radius 3 is 2.65 bits per heavy atom. The minimum Gasteiger partial charge on any atom is -0.493 e. The Morgan fingerprint density at radius 1 is 1.06 bits per heavy atom. The number of benzene rings is 3. The maximum Gasteiger partial charge on any atom is 0.275 e. The lowest BCUT2D eigenvalue weighted by atomic mass is 10.2. The number of aromatic amines is 1. The van der Waals surface area contributed by atoms with Crippen molar-refractivity contribution in [2.45, 2.75) is 5.16 Å². The van der Waals surface area contributed by atoms with Gasteiger partial charge < -0.3 is 10.1 Å². The van der Waals surface area contributed by atoms with E-state index < -0.39 is 5.91 Å². The standard InChI is InChI=1S/C24H16ClN5O3S/c25-14-10-11-19-17(12-14)23(33)30(15-6-2-1-3-7-15)24(27-19)34-13-20(31)28-29-21-16-8-4-5-9-18(16)26-22(21)32/h1-12,26,32H,13H2. The van der Waals surface area contributed by atoms with Crippen molar-refractivity contribution < 1.29 is 9.90 Å². The zero-order valence-electron chi connectivity index (χ0n) is 17.5. The number of para-hydroxylation sites is 2. The number of rotatable bonds is 5. The molecule has 0 saturated carbocycles. The second-order valence-corrected chi connectivity index (χ2v) is 8.66. The third-order valence-electron chi connectivity index (χ3n) is 5.06. The third-order valence-corrected chi connectivity index (χ3v) is 6.22. The molecule has 2 heterocycles. The Bertz CT molecular complexity index is 1630. The van der Waals surface area contributed by atoms with Crippen LogP contribution in [0.25, 0.3) is 27.5 Å². The monoisotopic (exact) mass is 489 g/mol. The van der Waals surface area contributed by atoms with E-state index in [1.165, 1.54) is 4.57 Å². The topological polar surface area (TPSA) is 113 Å². The van der Waals surface area contributed by atoms with Gasteiger partial charge in [-0.05, 0) is 36.4 Å². The maximum absolute atomic E-state index is 13.3. The van der Waals surface area contributed by atoms with Crippen LogP contribution >= 0.6 is 23.4 Å². The Balaban J connectivity index is 1.46. The van der Waals surface area contributed by atoms with Crippen LogP contribution in [0, 0.1) is 0 Å². The summed E-state index contributed by atoms with van der Waals surface area (Å²) in [6.45, 7) is 0. The molecule has 0 spiro atoms. The van der Waals surface area contributed by atoms with Crippen molar-refractivity contribution in [2.24, 2.45) is 10.2 Å². The van der Waals surface area contributed by atoms with Crippen LogP contribution < -0.4 is 5.56 Å². The van der Waals surface area contributed by atoms with Crippen molar-refractivity contribution in [1.82, 2.24) is 14.5 Å². The third kappa shape index (κ3) is 4.18. The largest absolute Gasteiger partial charge is 0.493 e. The number of fused-ring (bicyclic) bond motifs is 2. The SMILES string of the molecule is O=C(CSc1nc2ccc(Cl)cc2c(=O)n1-c1ccccc1)N=Nc1c(O)[nH]c2ccccc12. The highest BCUT2D eigenvalue weighted by Gasteiger charge is 2.16. The molecule has 168 valence electrons. The molecule has 0 unspecified atom stereocenters. The molecule has 0 saturated heterocycles. The number of aromatic hydroxyl groups is 1. The molecule has 1 amide bonds. The normalized spacial score (nSPS) is 11.6. The highest BCUT2D eigenvalue weighted by Crippen LogP contribution is 2.35. The number of carbonyl (C=O) groups is 1. The highest BCUT2D eigenvalue weighted by molar-refractivity contribution is 7.99. The van der Waals surface area contributed by atoms with Crippen molar-refractivity contribution >= 4 is 56.8 Å². The number of azo groups is 1. The van der Waals surface area contributed by atoms with Gasteiger partial charge in [-0.3, -0.25) is 14.2 Å². The zero-order chi connectivity index (χ0) is 23.7. The molecular weight excluding hydrogens is 474 g/mol. The van der Waals surface area contributed by atoms with Gasteiger partial charge in [0, 0.05) is 10.4 Å². The Kier molecular flexibility index (Phi) is 5.87. The van der Waals surface area contributed by atoms with E-state index in [0.29, 0.717) is 37.7 Å². The van der Waals surface area contributed by atoms with Gasteiger partial charge in [0.1, 0.15) is 0 Å². The van der Waals surface area contributed by atoms with Gasteiger partial charge in [0.2, 0.25) is 5.88 Å². The maximum atomic E-state index is 13.3. The number of hydrogen-bond donors (Lipinski definition) is 2. The highest BCUT2D eigenvalue weighted by atomic mass is 35.5. The molecule has 0 aliphatic rings. The number of hydrogen-bond acceptors (Lipinski definition) is 6. The van der Waals surface area contributed by atoms with Crippen LogP contribution in [0.1, 0.15) is 0 Å². The molecule has 8 nitrogen and oxygen atoms in total. The molecule has 0 atom stereocenters. The van der Waals surface area contributed by atoms with Gasteiger partial charge in [0.25, 0.3) is 11.5 Å². The fourth-order valence-electron chi connectivity index (χ4n) is 3.51. The fourth-order valence-corrected chi connectivity index (χ4v) is 4.48. The smallest absolute Gasteiger partial charge is 0.275 e. The minimum atomic E-state index is -0.542. The summed E-state index contributed by atoms with van der Waals surface area (Å²) < 4.78 is 1.44. The van der Waals surface area contributed by atoms with E-state index in [9.17, 15) is 14.7 Å². The molecule has 0 fully saturated rings. The molecule has 34 heavy (non-hydrogen) atoms. The summed E-state index contributed by atoms with van der Waals surface area (Å²) in [4.78, 5) is 33.2. The molecule has 3 aromatic carbocycles. The first-order valence-electron chi connectivity index (χ1n) is 10.2. The van der Waals surface area contributed by atoms with Gasteiger partial charge in [-0.1, -0.05) is 59.8 Å². The lowest BCUT2D eigenvalue weighted by molar-refractivity contribution is -0.115. The Labute approximate surface area is 201 Å². The fraction of sp³-hybridized carbons (Fsp3) is 0.0417. The van der Waals surface area contributed by atoms with E-state index in [1.54, 1.807) is 48.5 Å². The van der Waals surface area contributed by atoms with Crippen LogP contribution in [-0.2, 0) is 4.79 Å². The van der Waals surface area contributed by atoms with Crippen molar-refractivity contribution in [2.75, 3.05) is 5.75 Å². The average Bonchev–Trinajstić information content (AvgIpc) is 3.17. The first-order chi connectivity index (χ1) is 16.5. The quantitative estimate of drug-likeness (QED) is 0.189. The zero-order valence-corrected chi connectivity index (χ0v) is 19.0. The number of amides is 1. The summed E-state index contributed by atoms with van der Waals surface area (Å²) in [5.41, 5.74) is 1.67. The Hall–Kier alpha value is -3.95. The summed E-state index contributed by atoms with van der Waals surface area (Å²) in [6.07, 6.45) is 0. The second kappa shape index (κ2) is 9.12. The number of halogens is 1. The molecule has 0 aliphatic carbocycles. The van der Waals surface area contributed by atoms with Crippen molar-refractivity contribution in [3.8, 4) is 11.6 Å².